The van der Waals surface area contributed by atoms with E-state index < -0.39 is 17.3 Å². The number of benzene rings is 2. The van der Waals surface area contributed by atoms with Crippen LogP contribution in [0, 0.1) is 5.82 Å². The molecular formula is C18H14FN3O3. The first-order valence-electron chi connectivity index (χ1n) is 7.37. The number of anilines is 1. The fourth-order valence-corrected chi connectivity index (χ4v) is 2.24. The fraction of sp³-hybridized carbons (Fsp3) is 0.0556. The second-order valence-corrected chi connectivity index (χ2v) is 5.11. The van der Waals surface area contributed by atoms with Crippen molar-refractivity contribution >= 4 is 11.7 Å². The monoisotopic (exact) mass is 339 g/mol. The minimum Gasteiger partial charge on any atom is -0.497 e. The third-order valence-electron chi connectivity index (χ3n) is 3.51. The lowest BCUT2D eigenvalue weighted by molar-refractivity contribution is 0.102. The highest BCUT2D eigenvalue weighted by Crippen LogP contribution is 2.15. The molecule has 2 aromatic carbocycles. The molecule has 0 radical (unpaired) electrons. The molecule has 1 amide bonds. The number of carbonyl (C=O) groups excluding carboxylic acids is 1. The Labute approximate surface area is 142 Å². The third-order valence-corrected chi connectivity index (χ3v) is 3.51. The molecular weight excluding hydrogens is 325 g/mol. The summed E-state index contributed by atoms with van der Waals surface area (Å²) in [6, 6.07) is 11.9. The maximum atomic E-state index is 12.9. The van der Waals surface area contributed by atoms with E-state index in [1.807, 2.05) is 0 Å². The quantitative estimate of drug-likeness (QED) is 0.793. The zero-order chi connectivity index (χ0) is 17.8. The number of carbonyl (C=O) groups is 1. The number of nitrogens with zero attached hydrogens (tertiary/aromatic N) is 2. The molecule has 0 saturated heterocycles. The van der Waals surface area contributed by atoms with Crippen molar-refractivity contribution in [1.29, 1.82) is 0 Å². The number of amides is 1. The van der Waals surface area contributed by atoms with Crippen LogP contribution in [-0.2, 0) is 0 Å². The van der Waals surface area contributed by atoms with Crippen LogP contribution in [0.25, 0.3) is 5.69 Å². The fourth-order valence-electron chi connectivity index (χ4n) is 2.24. The van der Waals surface area contributed by atoms with Crippen molar-refractivity contribution in [2.75, 3.05) is 12.4 Å². The number of hydrogen-bond acceptors (Lipinski definition) is 4. The summed E-state index contributed by atoms with van der Waals surface area (Å²) in [6.07, 6.45) is 2.89. The first-order valence-corrected chi connectivity index (χ1v) is 7.37. The Morgan fingerprint density at radius 1 is 1.20 bits per heavy atom. The van der Waals surface area contributed by atoms with E-state index in [2.05, 4.69) is 10.3 Å². The van der Waals surface area contributed by atoms with E-state index >= 15 is 0 Å². The van der Waals surface area contributed by atoms with E-state index in [-0.39, 0.29) is 11.4 Å². The highest BCUT2D eigenvalue weighted by Gasteiger charge is 2.12. The molecule has 126 valence electrons. The Morgan fingerprint density at radius 3 is 2.68 bits per heavy atom. The van der Waals surface area contributed by atoms with Gasteiger partial charge in [0.1, 0.15) is 11.6 Å². The zero-order valence-electron chi connectivity index (χ0n) is 13.3. The molecule has 1 heterocycles. The normalized spacial score (nSPS) is 10.3. The molecule has 1 aromatic heterocycles. The predicted octanol–water partition coefficient (Wildman–Crippen LogP) is 2.63. The molecule has 0 aliphatic carbocycles. The highest BCUT2D eigenvalue weighted by molar-refractivity contribution is 6.03. The number of rotatable bonds is 4. The van der Waals surface area contributed by atoms with E-state index in [1.54, 1.807) is 24.3 Å². The minimum absolute atomic E-state index is 0.125. The number of nitrogens with one attached hydrogen (secondary N) is 1. The number of aromatic nitrogens is 2. The van der Waals surface area contributed by atoms with Crippen molar-refractivity contribution in [1.82, 2.24) is 9.55 Å². The first kappa shape index (κ1) is 16.4. The van der Waals surface area contributed by atoms with Crippen molar-refractivity contribution < 1.29 is 13.9 Å². The highest BCUT2D eigenvalue weighted by atomic mass is 19.1. The van der Waals surface area contributed by atoms with Crippen molar-refractivity contribution in [3.8, 4) is 11.4 Å². The van der Waals surface area contributed by atoms with Gasteiger partial charge in [-0.15, -0.1) is 0 Å². The minimum atomic E-state index is -0.548. The summed E-state index contributed by atoms with van der Waals surface area (Å²) in [7, 11) is 1.53. The molecule has 7 heteroatoms. The molecule has 3 rings (SSSR count). The van der Waals surface area contributed by atoms with Crippen LogP contribution in [0.3, 0.4) is 0 Å². The van der Waals surface area contributed by atoms with Gasteiger partial charge in [0, 0.05) is 24.0 Å². The van der Waals surface area contributed by atoms with Crippen LogP contribution in [0.2, 0.25) is 0 Å². The van der Waals surface area contributed by atoms with Crippen molar-refractivity contribution in [2.24, 2.45) is 0 Å². The molecule has 0 atom stereocenters. The van der Waals surface area contributed by atoms with Crippen molar-refractivity contribution in [2.45, 2.75) is 0 Å². The second-order valence-electron chi connectivity index (χ2n) is 5.11. The van der Waals surface area contributed by atoms with E-state index in [4.69, 9.17) is 4.74 Å². The molecule has 0 unspecified atom stereocenters. The molecule has 25 heavy (non-hydrogen) atoms. The second kappa shape index (κ2) is 6.96. The van der Waals surface area contributed by atoms with Crippen molar-refractivity contribution in [3.05, 3.63) is 82.7 Å². The summed E-state index contributed by atoms with van der Waals surface area (Å²) in [6.45, 7) is 0. The molecule has 0 spiro atoms. The Morgan fingerprint density at radius 2 is 1.96 bits per heavy atom. The molecule has 0 aliphatic rings. The van der Waals surface area contributed by atoms with Crippen LogP contribution in [0.1, 0.15) is 10.4 Å². The first-order chi connectivity index (χ1) is 12.1. The van der Waals surface area contributed by atoms with Gasteiger partial charge in [0.2, 0.25) is 0 Å². The van der Waals surface area contributed by atoms with Gasteiger partial charge >= 0.3 is 0 Å². The average Bonchev–Trinajstić information content (AvgIpc) is 2.64. The average molecular weight is 339 g/mol. The molecule has 0 aliphatic heterocycles. The lowest BCUT2D eigenvalue weighted by atomic mass is 10.2. The molecule has 1 N–H and O–H groups in total. The summed E-state index contributed by atoms with van der Waals surface area (Å²) in [5.74, 6) is -0.527. The van der Waals surface area contributed by atoms with Gasteiger partial charge in [0.25, 0.3) is 11.5 Å². The van der Waals surface area contributed by atoms with E-state index in [0.717, 1.165) is 0 Å². The summed E-state index contributed by atoms with van der Waals surface area (Å²) in [4.78, 5) is 28.7. The van der Waals surface area contributed by atoms with Gasteiger partial charge in [-0.25, -0.2) is 9.37 Å². The van der Waals surface area contributed by atoms with Gasteiger partial charge in [-0.2, -0.15) is 0 Å². The topological polar surface area (TPSA) is 73.2 Å². The summed E-state index contributed by atoms with van der Waals surface area (Å²) in [5.41, 5.74) is 0.301. The van der Waals surface area contributed by atoms with Crippen LogP contribution in [0.15, 0.2) is 65.7 Å². The number of ether oxygens (including phenoxy) is 1. The summed E-state index contributed by atoms with van der Waals surface area (Å²) in [5, 5.41) is 2.45. The number of hydrogen-bond donors (Lipinski definition) is 1. The number of methoxy groups -OCH3 is 1. The third kappa shape index (κ3) is 3.55. The maximum Gasteiger partial charge on any atom is 0.298 e. The van der Waals surface area contributed by atoms with E-state index in [1.165, 1.54) is 48.3 Å². The Balaban J connectivity index is 1.92. The Hall–Kier alpha value is -3.48. The van der Waals surface area contributed by atoms with Gasteiger partial charge in [0.15, 0.2) is 5.82 Å². The predicted molar refractivity (Wildman–Crippen MR) is 90.7 cm³/mol. The van der Waals surface area contributed by atoms with Crippen LogP contribution < -0.4 is 15.6 Å². The van der Waals surface area contributed by atoms with Gasteiger partial charge < -0.3 is 10.1 Å². The van der Waals surface area contributed by atoms with Gasteiger partial charge in [-0.1, -0.05) is 6.07 Å². The van der Waals surface area contributed by atoms with Gasteiger partial charge in [0.05, 0.1) is 12.8 Å². The van der Waals surface area contributed by atoms with Crippen LogP contribution in [0.5, 0.6) is 5.75 Å². The molecule has 0 fully saturated rings. The SMILES string of the molecule is COc1cccc(-n2ccnc(NC(=O)c3ccc(F)cc3)c2=O)c1. The Bertz CT molecular complexity index is 968. The van der Waals surface area contributed by atoms with Crippen LogP contribution >= 0.6 is 0 Å². The van der Waals surface area contributed by atoms with E-state index in [9.17, 15) is 14.0 Å². The smallest absolute Gasteiger partial charge is 0.298 e. The molecule has 0 saturated carbocycles. The van der Waals surface area contributed by atoms with E-state index in [0.29, 0.717) is 11.4 Å². The standard InChI is InChI=1S/C18H14FN3O3/c1-25-15-4-2-3-14(11-15)22-10-9-20-16(18(22)24)21-17(23)12-5-7-13(19)8-6-12/h2-11H,1H3,(H,20,21,23). The summed E-state index contributed by atoms with van der Waals surface area (Å²) < 4.78 is 19.4. The Kier molecular flexibility index (Phi) is 4.56. The molecule has 6 nitrogen and oxygen atoms in total. The van der Waals surface area contributed by atoms with Gasteiger partial charge in [-0.3, -0.25) is 14.2 Å². The van der Waals surface area contributed by atoms with Gasteiger partial charge in [-0.05, 0) is 36.4 Å². The number of halogens is 1. The largest absolute Gasteiger partial charge is 0.497 e. The molecule has 0 bridgehead atoms. The van der Waals surface area contributed by atoms with Crippen LogP contribution in [0.4, 0.5) is 10.2 Å². The summed E-state index contributed by atoms with van der Waals surface area (Å²) >= 11 is 0. The lowest BCUT2D eigenvalue weighted by Gasteiger charge is -2.09. The lowest BCUT2D eigenvalue weighted by Crippen LogP contribution is -2.26. The zero-order valence-corrected chi connectivity index (χ0v) is 13.3. The maximum absolute atomic E-state index is 12.9. The molecule has 3 aromatic rings. The van der Waals surface area contributed by atoms with Crippen LogP contribution in [-0.4, -0.2) is 22.6 Å². The van der Waals surface area contributed by atoms with Crippen molar-refractivity contribution in [3.63, 3.8) is 0 Å².